The SMILES string of the molecule is CCC(=O)Oc1ccc2c(C)cc(=O)oc2c1I. The molecule has 0 spiro atoms. The molecule has 5 heteroatoms. The molecule has 0 aliphatic heterocycles. The zero-order valence-corrected chi connectivity index (χ0v) is 12.1. The second-order valence-electron chi connectivity index (χ2n) is 3.83. The van der Waals surface area contributed by atoms with E-state index in [9.17, 15) is 9.59 Å². The Bertz CT molecular complexity index is 672. The van der Waals surface area contributed by atoms with Crippen molar-refractivity contribution in [3.63, 3.8) is 0 Å². The predicted octanol–water partition coefficient (Wildman–Crippen LogP) is 3.02. The van der Waals surface area contributed by atoms with Gasteiger partial charge in [-0.2, -0.15) is 0 Å². The zero-order chi connectivity index (χ0) is 13.3. The van der Waals surface area contributed by atoms with Crippen LogP contribution in [0.3, 0.4) is 0 Å². The fourth-order valence-electron chi connectivity index (χ4n) is 1.61. The third-order valence-corrected chi connectivity index (χ3v) is 3.56. The van der Waals surface area contributed by atoms with Crippen molar-refractivity contribution >= 4 is 39.5 Å². The molecule has 1 heterocycles. The van der Waals surface area contributed by atoms with Gasteiger partial charge in [-0.25, -0.2) is 4.79 Å². The average Bonchev–Trinajstić information content (AvgIpc) is 2.33. The third-order valence-electron chi connectivity index (χ3n) is 2.54. The Morgan fingerprint density at radius 2 is 2.17 bits per heavy atom. The van der Waals surface area contributed by atoms with E-state index in [-0.39, 0.29) is 5.97 Å². The van der Waals surface area contributed by atoms with Gasteiger partial charge in [0.25, 0.3) is 0 Å². The maximum atomic E-state index is 11.4. The number of esters is 1. The highest BCUT2D eigenvalue weighted by Crippen LogP contribution is 2.30. The molecule has 0 saturated carbocycles. The van der Waals surface area contributed by atoms with E-state index >= 15 is 0 Å². The molecule has 2 aromatic rings. The molecular formula is C13H11IO4. The van der Waals surface area contributed by atoms with Gasteiger partial charge in [0, 0.05) is 17.9 Å². The fourth-order valence-corrected chi connectivity index (χ4v) is 2.30. The van der Waals surface area contributed by atoms with Crippen molar-refractivity contribution in [2.75, 3.05) is 0 Å². The zero-order valence-electron chi connectivity index (χ0n) is 9.95. The van der Waals surface area contributed by atoms with Gasteiger partial charge in [0.05, 0.1) is 3.57 Å². The first-order chi connectivity index (χ1) is 8.52. The summed E-state index contributed by atoms with van der Waals surface area (Å²) < 4.78 is 11.0. The van der Waals surface area contributed by atoms with E-state index < -0.39 is 5.63 Å². The van der Waals surface area contributed by atoms with Crippen LogP contribution in [-0.2, 0) is 4.79 Å². The maximum Gasteiger partial charge on any atom is 0.336 e. The smallest absolute Gasteiger partial charge is 0.336 e. The van der Waals surface area contributed by atoms with Crippen molar-refractivity contribution in [2.24, 2.45) is 0 Å². The Labute approximate surface area is 117 Å². The number of carbonyl (C=O) groups is 1. The van der Waals surface area contributed by atoms with Crippen LogP contribution in [0.2, 0.25) is 0 Å². The highest BCUT2D eigenvalue weighted by atomic mass is 127. The quantitative estimate of drug-likeness (QED) is 0.358. The molecule has 18 heavy (non-hydrogen) atoms. The Morgan fingerprint density at radius 1 is 1.44 bits per heavy atom. The molecule has 0 aliphatic carbocycles. The Kier molecular flexibility index (Phi) is 3.70. The fraction of sp³-hybridized carbons (Fsp3) is 0.231. The molecule has 0 unspecified atom stereocenters. The highest BCUT2D eigenvalue weighted by Gasteiger charge is 2.13. The van der Waals surface area contributed by atoms with Gasteiger partial charge in [-0.3, -0.25) is 4.79 Å². The number of benzene rings is 1. The highest BCUT2D eigenvalue weighted by molar-refractivity contribution is 14.1. The van der Waals surface area contributed by atoms with Gasteiger partial charge in [0.15, 0.2) is 5.58 Å². The van der Waals surface area contributed by atoms with E-state index in [1.54, 1.807) is 19.1 Å². The first-order valence-corrected chi connectivity index (χ1v) is 6.54. The minimum atomic E-state index is -0.406. The van der Waals surface area contributed by atoms with Gasteiger partial charge in [-0.1, -0.05) is 6.92 Å². The van der Waals surface area contributed by atoms with Crippen LogP contribution in [0, 0.1) is 10.5 Å². The molecule has 0 saturated heterocycles. The van der Waals surface area contributed by atoms with Gasteiger partial charge in [-0.05, 0) is 47.2 Å². The van der Waals surface area contributed by atoms with Crippen molar-refractivity contribution in [2.45, 2.75) is 20.3 Å². The van der Waals surface area contributed by atoms with Crippen LogP contribution in [0.1, 0.15) is 18.9 Å². The number of ether oxygens (including phenoxy) is 1. The summed E-state index contributed by atoms with van der Waals surface area (Å²) in [6.07, 6.45) is 0.298. The molecule has 1 aromatic carbocycles. The van der Waals surface area contributed by atoms with Crippen molar-refractivity contribution in [3.8, 4) is 5.75 Å². The largest absolute Gasteiger partial charge is 0.425 e. The van der Waals surface area contributed by atoms with Crippen molar-refractivity contribution < 1.29 is 13.9 Å². The summed E-state index contributed by atoms with van der Waals surface area (Å²) in [5.41, 5.74) is 0.895. The molecule has 2 rings (SSSR count). The number of halogens is 1. The first-order valence-electron chi connectivity index (χ1n) is 5.46. The molecule has 4 nitrogen and oxygen atoms in total. The van der Waals surface area contributed by atoms with Crippen LogP contribution in [0.4, 0.5) is 0 Å². The molecule has 1 aromatic heterocycles. The minimum absolute atomic E-state index is 0.298. The Hall–Kier alpha value is -1.37. The molecule has 0 radical (unpaired) electrons. The second-order valence-corrected chi connectivity index (χ2v) is 4.91. The predicted molar refractivity (Wildman–Crippen MR) is 75.9 cm³/mol. The van der Waals surface area contributed by atoms with Gasteiger partial charge in [0.2, 0.25) is 0 Å². The summed E-state index contributed by atoms with van der Waals surface area (Å²) in [4.78, 5) is 22.7. The van der Waals surface area contributed by atoms with E-state index in [1.807, 2.05) is 29.5 Å². The van der Waals surface area contributed by atoms with Gasteiger partial charge >= 0.3 is 11.6 Å². The van der Waals surface area contributed by atoms with E-state index in [0.717, 1.165) is 10.9 Å². The Morgan fingerprint density at radius 3 is 2.83 bits per heavy atom. The van der Waals surface area contributed by atoms with E-state index in [2.05, 4.69) is 0 Å². The third kappa shape index (κ3) is 2.40. The summed E-state index contributed by atoms with van der Waals surface area (Å²) in [6.45, 7) is 3.56. The van der Waals surface area contributed by atoms with Gasteiger partial charge < -0.3 is 9.15 Å². The minimum Gasteiger partial charge on any atom is -0.425 e. The second kappa shape index (κ2) is 5.09. The summed E-state index contributed by atoms with van der Waals surface area (Å²) >= 11 is 2.01. The Balaban J connectivity index is 2.63. The topological polar surface area (TPSA) is 56.5 Å². The molecule has 0 N–H and O–H groups in total. The van der Waals surface area contributed by atoms with Crippen LogP contribution in [0.25, 0.3) is 11.0 Å². The van der Waals surface area contributed by atoms with Crippen molar-refractivity contribution in [1.82, 2.24) is 0 Å². The molecule has 0 aliphatic rings. The van der Waals surface area contributed by atoms with Gasteiger partial charge in [0.1, 0.15) is 5.75 Å². The number of hydrogen-bond donors (Lipinski definition) is 0. The molecule has 0 fully saturated rings. The maximum absolute atomic E-state index is 11.4. The number of hydrogen-bond acceptors (Lipinski definition) is 4. The molecule has 0 amide bonds. The van der Waals surface area contributed by atoms with Crippen molar-refractivity contribution in [1.29, 1.82) is 0 Å². The number of fused-ring (bicyclic) bond motifs is 1. The number of rotatable bonds is 2. The molecule has 94 valence electrons. The number of aryl methyl sites for hydroxylation is 1. The summed E-state index contributed by atoms with van der Waals surface area (Å²) in [5.74, 6) is 0.103. The van der Waals surface area contributed by atoms with E-state index in [1.165, 1.54) is 6.07 Å². The van der Waals surface area contributed by atoms with E-state index in [0.29, 0.717) is 21.3 Å². The molecule has 0 atom stereocenters. The van der Waals surface area contributed by atoms with Crippen LogP contribution in [0.5, 0.6) is 5.75 Å². The summed E-state index contributed by atoms with van der Waals surface area (Å²) in [5, 5.41) is 0.843. The molecular weight excluding hydrogens is 347 g/mol. The summed E-state index contributed by atoms with van der Waals surface area (Å²) in [7, 11) is 0. The average molecular weight is 358 g/mol. The first kappa shape index (κ1) is 13.1. The lowest BCUT2D eigenvalue weighted by molar-refractivity contribution is -0.134. The van der Waals surface area contributed by atoms with Crippen LogP contribution in [0.15, 0.2) is 27.4 Å². The number of carbonyl (C=O) groups excluding carboxylic acids is 1. The van der Waals surface area contributed by atoms with Gasteiger partial charge in [-0.15, -0.1) is 0 Å². The lowest BCUT2D eigenvalue weighted by atomic mass is 10.1. The monoisotopic (exact) mass is 358 g/mol. The summed E-state index contributed by atoms with van der Waals surface area (Å²) in [6, 6.07) is 4.94. The normalized spacial score (nSPS) is 10.6. The molecule has 0 bridgehead atoms. The standard InChI is InChI=1S/C13H11IO4/c1-3-10(15)17-9-5-4-8-7(2)6-11(16)18-13(8)12(9)14/h4-6H,3H2,1-2H3. The van der Waals surface area contributed by atoms with Crippen LogP contribution < -0.4 is 10.4 Å². The lowest BCUT2D eigenvalue weighted by Crippen LogP contribution is -2.07. The van der Waals surface area contributed by atoms with Crippen molar-refractivity contribution in [3.05, 3.63) is 37.8 Å². The van der Waals surface area contributed by atoms with Crippen LogP contribution in [-0.4, -0.2) is 5.97 Å². The lowest BCUT2D eigenvalue weighted by Gasteiger charge is -2.08. The van der Waals surface area contributed by atoms with Crippen LogP contribution >= 0.6 is 22.6 Å². The van der Waals surface area contributed by atoms with E-state index in [4.69, 9.17) is 9.15 Å².